The SMILES string of the molecule is CC(C)c1nnc2c(SCC(=O)NCc3ccc(Cl)cc3)nc3ccccc3n12. The maximum Gasteiger partial charge on any atom is 0.230 e. The fourth-order valence-corrected chi connectivity index (χ4v) is 3.96. The van der Waals surface area contributed by atoms with Crippen LogP contribution in [-0.4, -0.2) is 31.2 Å². The first-order valence-electron chi connectivity index (χ1n) is 9.30. The van der Waals surface area contributed by atoms with Gasteiger partial charge in [-0.2, -0.15) is 0 Å². The number of para-hydroxylation sites is 2. The molecule has 6 nitrogen and oxygen atoms in total. The number of carbonyl (C=O) groups is 1. The number of nitrogens with one attached hydrogen (secondary N) is 1. The zero-order valence-electron chi connectivity index (χ0n) is 16.1. The summed E-state index contributed by atoms with van der Waals surface area (Å²) in [7, 11) is 0. The largest absolute Gasteiger partial charge is 0.351 e. The van der Waals surface area contributed by atoms with Crippen molar-refractivity contribution in [1.29, 1.82) is 0 Å². The summed E-state index contributed by atoms with van der Waals surface area (Å²) in [6.45, 7) is 4.63. The van der Waals surface area contributed by atoms with Gasteiger partial charge in [-0.1, -0.05) is 61.5 Å². The van der Waals surface area contributed by atoms with Gasteiger partial charge in [0, 0.05) is 17.5 Å². The van der Waals surface area contributed by atoms with Gasteiger partial charge in [-0.05, 0) is 29.8 Å². The molecule has 8 heteroatoms. The number of hydrogen-bond donors (Lipinski definition) is 1. The van der Waals surface area contributed by atoms with Gasteiger partial charge in [0.05, 0.1) is 16.8 Å². The van der Waals surface area contributed by atoms with Gasteiger partial charge in [-0.3, -0.25) is 9.20 Å². The van der Waals surface area contributed by atoms with Crippen LogP contribution in [-0.2, 0) is 11.3 Å². The van der Waals surface area contributed by atoms with E-state index in [0.29, 0.717) is 22.2 Å². The Morgan fingerprint density at radius 1 is 1.14 bits per heavy atom. The van der Waals surface area contributed by atoms with Crippen LogP contribution in [0.3, 0.4) is 0 Å². The summed E-state index contributed by atoms with van der Waals surface area (Å²) in [6.07, 6.45) is 0. The molecule has 4 aromatic rings. The van der Waals surface area contributed by atoms with E-state index in [1.54, 1.807) is 0 Å². The van der Waals surface area contributed by atoms with Crippen molar-refractivity contribution in [3.05, 3.63) is 64.9 Å². The Bertz CT molecular complexity index is 1170. The molecule has 2 aromatic carbocycles. The smallest absolute Gasteiger partial charge is 0.230 e. The minimum atomic E-state index is -0.0679. The number of benzene rings is 2. The highest BCUT2D eigenvalue weighted by Crippen LogP contribution is 2.27. The molecule has 0 aliphatic heterocycles. The van der Waals surface area contributed by atoms with Crippen molar-refractivity contribution in [3.8, 4) is 0 Å². The first-order valence-corrected chi connectivity index (χ1v) is 10.7. The molecule has 1 N–H and O–H groups in total. The summed E-state index contributed by atoms with van der Waals surface area (Å²) in [5.74, 6) is 1.28. The zero-order chi connectivity index (χ0) is 20.4. The zero-order valence-corrected chi connectivity index (χ0v) is 17.7. The monoisotopic (exact) mass is 425 g/mol. The predicted molar refractivity (Wildman–Crippen MR) is 116 cm³/mol. The quantitative estimate of drug-likeness (QED) is 0.461. The number of fused-ring (bicyclic) bond motifs is 3. The maximum atomic E-state index is 12.3. The molecule has 0 saturated heterocycles. The van der Waals surface area contributed by atoms with E-state index in [1.807, 2.05) is 52.9 Å². The Labute approximate surface area is 177 Å². The minimum absolute atomic E-state index is 0.0679. The van der Waals surface area contributed by atoms with E-state index < -0.39 is 0 Å². The Hall–Kier alpha value is -2.64. The molecular formula is C21H20ClN5OS. The fourth-order valence-electron chi connectivity index (χ4n) is 3.04. The van der Waals surface area contributed by atoms with Gasteiger partial charge in [0.15, 0.2) is 5.65 Å². The number of carbonyl (C=O) groups excluding carboxylic acids is 1. The van der Waals surface area contributed by atoms with Gasteiger partial charge < -0.3 is 5.32 Å². The molecule has 0 bridgehead atoms. The summed E-state index contributed by atoms with van der Waals surface area (Å²) < 4.78 is 2.04. The number of amides is 1. The van der Waals surface area contributed by atoms with Crippen LogP contribution in [0.2, 0.25) is 5.02 Å². The number of halogens is 1. The Balaban J connectivity index is 1.54. The van der Waals surface area contributed by atoms with Crippen LogP contribution in [0.4, 0.5) is 0 Å². The Morgan fingerprint density at radius 3 is 2.66 bits per heavy atom. The number of rotatable bonds is 6. The highest BCUT2D eigenvalue weighted by Gasteiger charge is 2.17. The van der Waals surface area contributed by atoms with Crippen molar-refractivity contribution >= 4 is 46.0 Å². The molecule has 29 heavy (non-hydrogen) atoms. The van der Waals surface area contributed by atoms with Crippen molar-refractivity contribution in [2.45, 2.75) is 31.3 Å². The third-order valence-electron chi connectivity index (χ3n) is 4.48. The second-order valence-electron chi connectivity index (χ2n) is 6.97. The highest BCUT2D eigenvalue weighted by atomic mass is 35.5. The van der Waals surface area contributed by atoms with Crippen molar-refractivity contribution in [1.82, 2.24) is 24.9 Å². The molecule has 2 heterocycles. The number of aromatic nitrogens is 4. The molecule has 0 unspecified atom stereocenters. The molecule has 1 amide bonds. The molecule has 0 aliphatic carbocycles. The second-order valence-corrected chi connectivity index (χ2v) is 8.37. The number of hydrogen-bond acceptors (Lipinski definition) is 5. The third kappa shape index (κ3) is 4.21. The van der Waals surface area contributed by atoms with Crippen molar-refractivity contribution in [2.75, 3.05) is 5.75 Å². The average molecular weight is 426 g/mol. The van der Waals surface area contributed by atoms with Crippen molar-refractivity contribution in [2.24, 2.45) is 0 Å². The normalized spacial score (nSPS) is 11.4. The van der Waals surface area contributed by atoms with E-state index in [-0.39, 0.29) is 17.6 Å². The molecule has 0 aliphatic rings. The minimum Gasteiger partial charge on any atom is -0.351 e. The second kappa shape index (κ2) is 8.39. The molecule has 148 valence electrons. The summed E-state index contributed by atoms with van der Waals surface area (Å²) >= 11 is 7.26. The van der Waals surface area contributed by atoms with E-state index >= 15 is 0 Å². The standard InChI is InChI=1S/C21H20ClN5OS/c1-13(2)19-25-26-20-21(24-16-5-3-4-6-17(16)27(19)20)29-12-18(28)23-11-14-7-9-15(22)10-8-14/h3-10,13H,11-12H2,1-2H3,(H,23,28). The summed E-state index contributed by atoms with van der Waals surface area (Å²) in [5.41, 5.74) is 3.50. The maximum absolute atomic E-state index is 12.3. The lowest BCUT2D eigenvalue weighted by atomic mass is 10.2. The van der Waals surface area contributed by atoms with Crippen LogP contribution in [0.25, 0.3) is 16.7 Å². The Morgan fingerprint density at radius 2 is 1.90 bits per heavy atom. The van der Waals surface area contributed by atoms with Crippen molar-refractivity contribution in [3.63, 3.8) is 0 Å². The molecule has 4 rings (SSSR count). The van der Waals surface area contributed by atoms with Crippen LogP contribution >= 0.6 is 23.4 Å². The summed E-state index contributed by atoms with van der Waals surface area (Å²) in [5, 5.41) is 13.0. The predicted octanol–water partition coefficient (Wildman–Crippen LogP) is 4.46. The lowest BCUT2D eigenvalue weighted by molar-refractivity contribution is -0.118. The van der Waals surface area contributed by atoms with Gasteiger partial charge in [-0.15, -0.1) is 10.2 Å². The van der Waals surface area contributed by atoms with Gasteiger partial charge in [0.2, 0.25) is 5.91 Å². The first-order chi connectivity index (χ1) is 14.0. The van der Waals surface area contributed by atoms with Crippen LogP contribution in [0.15, 0.2) is 53.6 Å². The van der Waals surface area contributed by atoms with E-state index in [4.69, 9.17) is 16.6 Å². The molecular weight excluding hydrogens is 406 g/mol. The topological polar surface area (TPSA) is 72.2 Å². The van der Waals surface area contributed by atoms with Gasteiger partial charge >= 0.3 is 0 Å². The van der Waals surface area contributed by atoms with Gasteiger partial charge in [0.1, 0.15) is 10.9 Å². The van der Waals surface area contributed by atoms with Crippen LogP contribution in [0.1, 0.15) is 31.2 Å². The van der Waals surface area contributed by atoms with Crippen LogP contribution in [0, 0.1) is 0 Å². The lowest BCUT2D eigenvalue weighted by Crippen LogP contribution is -2.24. The van der Waals surface area contributed by atoms with Crippen LogP contribution < -0.4 is 5.32 Å². The van der Waals surface area contributed by atoms with E-state index in [0.717, 1.165) is 22.4 Å². The molecule has 0 fully saturated rings. The molecule has 0 atom stereocenters. The molecule has 0 spiro atoms. The Kier molecular flexibility index (Phi) is 5.69. The highest BCUT2D eigenvalue weighted by molar-refractivity contribution is 8.00. The van der Waals surface area contributed by atoms with Crippen molar-refractivity contribution < 1.29 is 4.79 Å². The first kappa shape index (κ1) is 19.7. The fraction of sp³-hybridized carbons (Fsp3) is 0.238. The molecule has 2 aromatic heterocycles. The lowest BCUT2D eigenvalue weighted by Gasteiger charge is -2.10. The number of nitrogens with zero attached hydrogens (tertiary/aromatic N) is 4. The van der Waals surface area contributed by atoms with Gasteiger partial charge in [-0.25, -0.2) is 4.98 Å². The van der Waals surface area contributed by atoms with E-state index in [2.05, 4.69) is 29.4 Å². The van der Waals surface area contributed by atoms with Gasteiger partial charge in [0.25, 0.3) is 0 Å². The molecule has 0 radical (unpaired) electrons. The molecule has 0 saturated carbocycles. The van der Waals surface area contributed by atoms with Crippen LogP contribution in [0.5, 0.6) is 0 Å². The summed E-state index contributed by atoms with van der Waals surface area (Å²) in [6, 6.07) is 15.3. The average Bonchev–Trinajstić information content (AvgIpc) is 3.17. The number of thioether (sulfide) groups is 1. The van der Waals surface area contributed by atoms with E-state index in [9.17, 15) is 4.79 Å². The van der Waals surface area contributed by atoms with E-state index in [1.165, 1.54) is 11.8 Å². The summed E-state index contributed by atoms with van der Waals surface area (Å²) in [4.78, 5) is 17.1. The third-order valence-corrected chi connectivity index (χ3v) is 5.69.